The number of rotatable bonds is 6. The number of nitrogens with zero attached hydrogens (tertiary/aromatic N) is 1. The zero-order chi connectivity index (χ0) is 15.5. The third-order valence-electron chi connectivity index (χ3n) is 3.43. The Balaban J connectivity index is 2.14. The molecule has 1 aliphatic heterocycles. The van der Waals surface area contributed by atoms with Crippen LogP contribution >= 0.6 is 0 Å². The van der Waals surface area contributed by atoms with E-state index in [1.165, 1.54) is 19.2 Å². The van der Waals surface area contributed by atoms with Gasteiger partial charge in [0.25, 0.3) is 0 Å². The van der Waals surface area contributed by atoms with E-state index in [0.29, 0.717) is 25.4 Å². The minimum Gasteiger partial charge on any atom is -0.372 e. The molecule has 0 aliphatic carbocycles. The van der Waals surface area contributed by atoms with Crippen molar-refractivity contribution >= 4 is 15.7 Å². The van der Waals surface area contributed by atoms with Gasteiger partial charge in [-0.15, -0.1) is 6.58 Å². The molecule has 1 saturated heterocycles. The topological polar surface area (TPSA) is 58.6 Å². The summed E-state index contributed by atoms with van der Waals surface area (Å²) in [5.41, 5.74) is 0.398. The van der Waals surface area contributed by atoms with Gasteiger partial charge >= 0.3 is 0 Å². The summed E-state index contributed by atoms with van der Waals surface area (Å²) in [5, 5.41) is 0. The van der Waals surface area contributed by atoms with Crippen LogP contribution in [-0.4, -0.2) is 41.3 Å². The molecule has 1 fully saturated rings. The van der Waals surface area contributed by atoms with Crippen molar-refractivity contribution in [3.63, 3.8) is 0 Å². The second-order valence-corrected chi connectivity index (χ2v) is 6.69. The molecule has 7 heteroatoms. The minimum absolute atomic E-state index is 0.0446. The molecule has 0 bridgehead atoms. The van der Waals surface area contributed by atoms with E-state index in [9.17, 15) is 12.8 Å². The van der Waals surface area contributed by atoms with Crippen LogP contribution in [0.4, 0.5) is 10.1 Å². The van der Waals surface area contributed by atoms with E-state index in [4.69, 9.17) is 4.74 Å². The Morgan fingerprint density at radius 3 is 2.95 bits per heavy atom. The van der Waals surface area contributed by atoms with Crippen LogP contribution < -0.4 is 9.62 Å². The fourth-order valence-corrected chi connectivity index (χ4v) is 3.06. The number of hydrogen-bond acceptors (Lipinski definition) is 4. The van der Waals surface area contributed by atoms with Crippen molar-refractivity contribution in [2.75, 3.05) is 31.6 Å². The highest BCUT2D eigenvalue weighted by Gasteiger charge is 2.25. The molecule has 1 aromatic rings. The van der Waals surface area contributed by atoms with Crippen LogP contribution in [0, 0.1) is 5.82 Å². The van der Waals surface area contributed by atoms with Crippen molar-refractivity contribution in [3.05, 3.63) is 36.7 Å². The molecule has 2 rings (SSSR count). The Morgan fingerprint density at radius 2 is 2.33 bits per heavy atom. The van der Waals surface area contributed by atoms with Gasteiger partial charge in [-0.05, 0) is 31.7 Å². The van der Waals surface area contributed by atoms with E-state index in [2.05, 4.69) is 11.3 Å². The number of hydrogen-bond donors (Lipinski definition) is 1. The summed E-state index contributed by atoms with van der Waals surface area (Å²) in [5.74, 6) is -0.546. The summed E-state index contributed by atoms with van der Waals surface area (Å²) < 4.78 is 45.1. The first kappa shape index (κ1) is 15.9. The molecule has 0 amide bonds. The molecule has 116 valence electrons. The average Bonchev–Trinajstić information content (AvgIpc) is 2.93. The Bertz CT molecular complexity index is 619. The predicted octanol–water partition coefficient (Wildman–Crippen LogP) is 1.52. The molecular weight excluding hydrogens is 295 g/mol. The lowest BCUT2D eigenvalue weighted by molar-refractivity contribution is 0.0909. The molecule has 0 spiro atoms. The lowest BCUT2D eigenvalue weighted by Crippen LogP contribution is -2.24. The van der Waals surface area contributed by atoms with Crippen LogP contribution in [0.25, 0.3) is 0 Å². The van der Waals surface area contributed by atoms with Crippen molar-refractivity contribution in [3.8, 4) is 0 Å². The lowest BCUT2D eigenvalue weighted by atomic mass is 10.3. The standard InChI is InChI=1S/C14H19FN2O3S/c1-3-8-20-11-6-7-17(10-11)14-5-4-12(9-13(14)15)21(18,19)16-2/h3-5,9,11,16H,1,6-8,10H2,2H3. The van der Waals surface area contributed by atoms with E-state index in [0.717, 1.165) is 12.5 Å². The molecule has 1 N–H and O–H groups in total. The Morgan fingerprint density at radius 1 is 1.57 bits per heavy atom. The highest BCUT2D eigenvalue weighted by molar-refractivity contribution is 7.89. The monoisotopic (exact) mass is 314 g/mol. The molecule has 1 atom stereocenters. The van der Waals surface area contributed by atoms with Gasteiger partial charge in [0.15, 0.2) is 0 Å². The summed E-state index contributed by atoms with van der Waals surface area (Å²) in [6, 6.07) is 3.94. The highest BCUT2D eigenvalue weighted by atomic mass is 32.2. The molecule has 1 aromatic carbocycles. The number of anilines is 1. The van der Waals surface area contributed by atoms with E-state index >= 15 is 0 Å². The van der Waals surface area contributed by atoms with Gasteiger partial charge < -0.3 is 9.64 Å². The van der Waals surface area contributed by atoms with E-state index in [1.54, 1.807) is 6.08 Å². The van der Waals surface area contributed by atoms with Gasteiger partial charge in [0.05, 0.1) is 23.3 Å². The molecular formula is C14H19FN2O3S. The van der Waals surface area contributed by atoms with E-state index in [1.807, 2.05) is 4.90 Å². The molecule has 0 aromatic heterocycles. The van der Waals surface area contributed by atoms with Gasteiger partial charge in [0.1, 0.15) is 5.82 Å². The van der Waals surface area contributed by atoms with E-state index < -0.39 is 15.8 Å². The quantitative estimate of drug-likeness (QED) is 0.809. The summed E-state index contributed by atoms with van der Waals surface area (Å²) in [4.78, 5) is 1.78. The molecule has 21 heavy (non-hydrogen) atoms. The van der Waals surface area contributed by atoms with Crippen molar-refractivity contribution in [1.29, 1.82) is 0 Å². The first-order chi connectivity index (χ1) is 9.97. The third kappa shape index (κ3) is 3.61. The maximum atomic E-state index is 14.2. The van der Waals surface area contributed by atoms with Crippen molar-refractivity contribution < 1.29 is 17.5 Å². The first-order valence-corrected chi connectivity index (χ1v) is 8.17. The summed E-state index contributed by atoms with van der Waals surface area (Å²) in [6.45, 7) is 5.33. The Hall–Kier alpha value is -1.44. The van der Waals surface area contributed by atoms with Crippen molar-refractivity contribution in [2.45, 2.75) is 17.4 Å². The number of ether oxygens (including phenoxy) is 1. The van der Waals surface area contributed by atoms with Crippen molar-refractivity contribution in [2.24, 2.45) is 0 Å². The van der Waals surface area contributed by atoms with Gasteiger partial charge in [-0.3, -0.25) is 0 Å². The maximum Gasteiger partial charge on any atom is 0.240 e. The van der Waals surface area contributed by atoms with Gasteiger partial charge in [-0.25, -0.2) is 17.5 Å². The molecule has 0 saturated carbocycles. The maximum absolute atomic E-state index is 14.2. The predicted molar refractivity (Wildman–Crippen MR) is 79.4 cm³/mol. The molecule has 0 radical (unpaired) electrons. The van der Waals surface area contributed by atoms with Gasteiger partial charge in [-0.1, -0.05) is 6.08 Å². The number of nitrogens with one attached hydrogen (secondary N) is 1. The summed E-state index contributed by atoms with van der Waals surface area (Å²) >= 11 is 0. The molecule has 1 unspecified atom stereocenters. The fraction of sp³-hybridized carbons (Fsp3) is 0.429. The second kappa shape index (κ2) is 6.55. The zero-order valence-electron chi connectivity index (χ0n) is 11.9. The van der Waals surface area contributed by atoms with Crippen LogP contribution in [-0.2, 0) is 14.8 Å². The molecule has 1 heterocycles. The minimum atomic E-state index is -3.63. The smallest absolute Gasteiger partial charge is 0.240 e. The highest BCUT2D eigenvalue weighted by Crippen LogP contribution is 2.26. The largest absolute Gasteiger partial charge is 0.372 e. The van der Waals surface area contributed by atoms with Gasteiger partial charge in [0.2, 0.25) is 10.0 Å². The average molecular weight is 314 g/mol. The Kier molecular flexibility index (Phi) is 4.97. The SMILES string of the molecule is C=CCOC1CCN(c2ccc(S(=O)(=O)NC)cc2F)C1. The normalized spacial score (nSPS) is 19.0. The zero-order valence-corrected chi connectivity index (χ0v) is 12.7. The number of sulfonamides is 1. The van der Waals surface area contributed by atoms with Crippen LogP contribution in [0.5, 0.6) is 0 Å². The van der Waals surface area contributed by atoms with Crippen LogP contribution in [0.3, 0.4) is 0 Å². The second-order valence-electron chi connectivity index (χ2n) is 4.80. The summed E-state index contributed by atoms with van der Waals surface area (Å²) in [6.07, 6.45) is 2.54. The summed E-state index contributed by atoms with van der Waals surface area (Å²) in [7, 11) is -2.33. The Labute approximate surface area is 124 Å². The van der Waals surface area contributed by atoms with Gasteiger partial charge in [-0.2, -0.15) is 0 Å². The van der Waals surface area contributed by atoms with Crippen LogP contribution in [0.15, 0.2) is 35.7 Å². The van der Waals surface area contributed by atoms with E-state index in [-0.39, 0.29) is 11.0 Å². The van der Waals surface area contributed by atoms with Crippen LogP contribution in [0.2, 0.25) is 0 Å². The molecule has 1 aliphatic rings. The lowest BCUT2D eigenvalue weighted by Gasteiger charge is -2.19. The third-order valence-corrected chi connectivity index (χ3v) is 4.85. The van der Waals surface area contributed by atoms with Gasteiger partial charge in [0, 0.05) is 13.1 Å². The number of halogens is 1. The fourth-order valence-electron chi connectivity index (χ4n) is 2.32. The molecule has 5 nitrogen and oxygen atoms in total. The first-order valence-electron chi connectivity index (χ1n) is 6.68. The number of benzene rings is 1. The van der Waals surface area contributed by atoms with Crippen LogP contribution in [0.1, 0.15) is 6.42 Å². The van der Waals surface area contributed by atoms with Crippen molar-refractivity contribution in [1.82, 2.24) is 4.72 Å².